The van der Waals surface area contributed by atoms with Gasteiger partial charge in [-0.05, 0) is 67.6 Å². The Labute approximate surface area is 167 Å². The fourth-order valence-electron chi connectivity index (χ4n) is 3.50. The molecule has 0 N–H and O–H groups in total. The summed E-state index contributed by atoms with van der Waals surface area (Å²) in [4.78, 5) is 2.81. The molecular weight excluding hydrogens is 382 g/mol. The molecule has 0 aliphatic carbocycles. The Morgan fingerprint density at radius 2 is 1.81 bits per heavy atom. The third kappa shape index (κ3) is 4.48. The van der Waals surface area contributed by atoms with E-state index in [0.717, 1.165) is 31.5 Å². The van der Waals surface area contributed by atoms with Crippen molar-refractivity contribution in [3.05, 3.63) is 58.1 Å². The second-order valence-electron chi connectivity index (χ2n) is 7.84. The van der Waals surface area contributed by atoms with Crippen LogP contribution in [0.4, 0.5) is 0 Å². The Bertz CT molecular complexity index is 954. The van der Waals surface area contributed by atoms with Crippen LogP contribution in [0.2, 0.25) is 5.02 Å². The largest absolute Gasteiger partial charge is 0.495 e. The van der Waals surface area contributed by atoms with Crippen LogP contribution in [0.5, 0.6) is 5.75 Å². The molecule has 3 rings (SSSR count). The van der Waals surface area contributed by atoms with Gasteiger partial charge in [-0.2, -0.15) is 0 Å². The van der Waals surface area contributed by atoms with E-state index in [1.54, 1.807) is 13.2 Å². The maximum absolute atomic E-state index is 11.8. The maximum atomic E-state index is 11.8. The van der Waals surface area contributed by atoms with Gasteiger partial charge in [-0.1, -0.05) is 23.7 Å². The molecule has 4 nitrogen and oxygen atoms in total. The maximum Gasteiger partial charge on any atom is 0.175 e. The van der Waals surface area contributed by atoms with E-state index in [1.165, 1.54) is 17.4 Å². The summed E-state index contributed by atoms with van der Waals surface area (Å²) in [6.45, 7) is 6.10. The van der Waals surface area contributed by atoms with Crippen molar-refractivity contribution in [2.45, 2.75) is 50.2 Å². The summed E-state index contributed by atoms with van der Waals surface area (Å²) in [6.07, 6.45) is 3.15. The lowest BCUT2D eigenvalue weighted by Crippen LogP contribution is -2.40. The molecule has 0 bridgehead atoms. The van der Waals surface area contributed by atoms with E-state index < -0.39 is 9.84 Å². The van der Waals surface area contributed by atoms with E-state index in [4.69, 9.17) is 16.3 Å². The molecular formula is C21H26ClNO3S. The van der Waals surface area contributed by atoms with Crippen LogP contribution in [0.3, 0.4) is 0 Å². The number of sulfone groups is 1. The van der Waals surface area contributed by atoms with Gasteiger partial charge in [0, 0.05) is 24.9 Å². The molecule has 0 atom stereocenters. The number of ether oxygens (including phenoxy) is 1. The van der Waals surface area contributed by atoms with Crippen LogP contribution in [0.25, 0.3) is 0 Å². The third-order valence-corrected chi connectivity index (χ3v) is 6.85. The summed E-state index contributed by atoms with van der Waals surface area (Å²) in [5.74, 6) is 0.703. The van der Waals surface area contributed by atoms with Crippen LogP contribution >= 0.6 is 11.6 Å². The first-order valence-corrected chi connectivity index (χ1v) is 11.3. The molecule has 0 spiro atoms. The lowest BCUT2D eigenvalue weighted by Gasteiger charge is -2.35. The first kappa shape index (κ1) is 20.2. The van der Waals surface area contributed by atoms with E-state index in [9.17, 15) is 8.42 Å². The van der Waals surface area contributed by atoms with Crippen LogP contribution in [0.15, 0.2) is 41.3 Å². The molecule has 1 heterocycles. The Kier molecular flexibility index (Phi) is 5.57. The second-order valence-corrected chi connectivity index (χ2v) is 10.3. The zero-order valence-corrected chi connectivity index (χ0v) is 17.8. The number of hydrogen-bond donors (Lipinski definition) is 0. The summed E-state index contributed by atoms with van der Waals surface area (Å²) in [7, 11) is -1.55. The molecule has 1 aliphatic rings. The minimum Gasteiger partial charge on any atom is -0.495 e. The van der Waals surface area contributed by atoms with Gasteiger partial charge in [-0.15, -0.1) is 0 Å². The summed E-state index contributed by atoms with van der Waals surface area (Å²) < 4.78 is 28.9. The van der Waals surface area contributed by atoms with Crippen molar-refractivity contribution in [1.29, 1.82) is 0 Å². The van der Waals surface area contributed by atoms with Gasteiger partial charge in [0.25, 0.3) is 0 Å². The Hall–Kier alpha value is -1.56. The third-order valence-electron chi connectivity index (χ3n) is 5.43. The highest BCUT2D eigenvalue weighted by molar-refractivity contribution is 7.90. The minimum absolute atomic E-state index is 0.0167. The standard InChI is InChI=1S/C21H26ClNO3S/c1-21(2,10-9-15-5-8-19(22)20(11-15)26-3)23-13-16-6-7-18(27(4,24)25)12-17(16)14-23/h5-8,11-12H,9-10,13-14H2,1-4H3. The SMILES string of the molecule is COc1cc(CCC(C)(C)N2Cc3ccc(S(C)(=O)=O)cc3C2)ccc1Cl. The fourth-order valence-corrected chi connectivity index (χ4v) is 4.36. The molecule has 0 saturated heterocycles. The van der Waals surface area contributed by atoms with E-state index in [-0.39, 0.29) is 5.54 Å². The molecule has 0 aromatic heterocycles. The fraction of sp³-hybridized carbons (Fsp3) is 0.429. The highest BCUT2D eigenvalue weighted by Gasteiger charge is 2.32. The van der Waals surface area contributed by atoms with Crippen molar-refractivity contribution in [3.63, 3.8) is 0 Å². The summed E-state index contributed by atoms with van der Waals surface area (Å²) >= 11 is 6.11. The number of rotatable bonds is 6. The van der Waals surface area contributed by atoms with Gasteiger partial charge in [-0.3, -0.25) is 4.90 Å². The first-order valence-electron chi connectivity index (χ1n) is 8.99. The number of benzene rings is 2. The molecule has 0 saturated carbocycles. The van der Waals surface area contributed by atoms with E-state index in [1.807, 2.05) is 30.3 Å². The number of methoxy groups -OCH3 is 1. The smallest absolute Gasteiger partial charge is 0.175 e. The monoisotopic (exact) mass is 407 g/mol. The number of fused-ring (bicyclic) bond motifs is 1. The van der Waals surface area contributed by atoms with Crippen molar-refractivity contribution in [2.24, 2.45) is 0 Å². The first-order chi connectivity index (χ1) is 12.6. The van der Waals surface area contributed by atoms with Gasteiger partial charge in [0.1, 0.15) is 5.75 Å². The van der Waals surface area contributed by atoms with Crippen LogP contribution < -0.4 is 4.74 Å². The predicted molar refractivity (Wildman–Crippen MR) is 109 cm³/mol. The van der Waals surface area contributed by atoms with Gasteiger partial charge >= 0.3 is 0 Å². The minimum atomic E-state index is -3.17. The highest BCUT2D eigenvalue weighted by Crippen LogP contribution is 2.34. The predicted octanol–water partition coefficient (Wildman–Crippen LogP) is 4.48. The van der Waals surface area contributed by atoms with E-state index in [0.29, 0.717) is 15.7 Å². The van der Waals surface area contributed by atoms with E-state index >= 15 is 0 Å². The lowest BCUT2D eigenvalue weighted by atomic mass is 9.93. The summed E-state index contributed by atoms with van der Waals surface area (Å²) in [5, 5.41) is 0.622. The molecule has 27 heavy (non-hydrogen) atoms. The number of nitrogens with zero attached hydrogens (tertiary/aromatic N) is 1. The normalized spacial score (nSPS) is 15.0. The Balaban J connectivity index is 1.70. The zero-order chi connectivity index (χ0) is 19.8. The molecule has 0 amide bonds. The topological polar surface area (TPSA) is 46.6 Å². The molecule has 6 heteroatoms. The molecule has 2 aromatic carbocycles. The van der Waals surface area contributed by atoms with Crippen molar-refractivity contribution in [1.82, 2.24) is 4.90 Å². The Morgan fingerprint density at radius 1 is 1.11 bits per heavy atom. The molecule has 0 unspecified atom stereocenters. The van der Waals surface area contributed by atoms with Gasteiger partial charge in [0.2, 0.25) is 0 Å². The molecule has 146 valence electrons. The molecule has 2 aromatic rings. The number of aryl methyl sites for hydroxylation is 1. The zero-order valence-electron chi connectivity index (χ0n) is 16.3. The summed E-state index contributed by atoms with van der Waals surface area (Å²) in [5.41, 5.74) is 3.50. The van der Waals surface area contributed by atoms with Crippen LogP contribution in [0.1, 0.15) is 37.0 Å². The number of halogens is 1. The van der Waals surface area contributed by atoms with Crippen LogP contribution in [-0.4, -0.2) is 32.2 Å². The van der Waals surface area contributed by atoms with Crippen LogP contribution in [0, 0.1) is 0 Å². The molecule has 0 radical (unpaired) electrons. The van der Waals surface area contributed by atoms with Crippen molar-refractivity contribution < 1.29 is 13.2 Å². The van der Waals surface area contributed by atoms with E-state index in [2.05, 4.69) is 18.7 Å². The average molecular weight is 408 g/mol. The van der Waals surface area contributed by atoms with Gasteiger partial charge < -0.3 is 4.74 Å². The van der Waals surface area contributed by atoms with Crippen molar-refractivity contribution in [3.8, 4) is 5.75 Å². The molecule has 0 fully saturated rings. The quantitative estimate of drug-likeness (QED) is 0.708. The van der Waals surface area contributed by atoms with Gasteiger partial charge in [-0.25, -0.2) is 8.42 Å². The lowest BCUT2D eigenvalue weighted by molar-refractivity contribution is 0.109. The highest BCUT2D eigenvalue weighted by atomic mass is 35.5. The van der Waals surface area contributed by atoms with Crippen LogP contribution in [-0.2, 0) is 29.3 Å². The Morgan fingerprint density at radius 3 is 2.48 bits per heavy atom. The number of hydrogen-bond acceptors (Lipinski definition) is 4. The van der Waals surface area contributed by atoms with Crippen molar-refractivity contribution in [2.75, 3.05) is 13.4 Å². The van der Waals surface area contributed by atoms with Crippen molar-refractivity contribution >= 4 is 21.4 Å². The summed E-state index contributed by atoms with van der Waals surface area (Å²) in [6, 6.07) is 11.4. The molecule has 1 aliphatic heterocycles. The van der Waals surface area contributed by atoms with Gasteiger partial charge in [0.15, 0.2) is 9.84 Å². The average Bonchev–Trinajstić information content (AvgIpc) is 3.04. The second kappa shape index (κ2) is 7.46. The van der Waals surface area contributed by atoms with Gasteiger partial charge in [0.05, 0.1) is 17.0 Å².